The third-order valence-electron chi connectivity index (χ3n) is 2.05. The molecule has 0 fully saturated rings. The van der Waals surface area contributed by atoms with E-state index in [1.54, 1.807) is 0 Å². The van der Waals surface area contributed by atoms with Gasteiger partial charge in [-0.25, -0.2) is 9.37 Å². The highest BCUT2D eigenvalue weighted by Crippen LogP contribution is 2.29. The summed E-state index contributed by atoms with van der Waals surface area (Å²) >= 11 is 5.86. The van der Waals surface area contributed by atoms with E-state index in [0.29, 0.717) is 10.8 Å². The van der Waals surface area contributed by atoms with Crippen LogP contribution in [0, 0.1) is 12.7 Å². The van der Waals surface area contributed by atoms with Gasteiger partial charge in [0.25, 0.3) is 0 Å². The fourth-order valence-corrected chi connectivity index (χ4v) is 1.67. The molecule has 1 aromatic heterocycles. The zero-order valence-corrected chi connectivity index (χ0v) is 8.27. The molecule has 0 bridgehead atoms. The summed E-state index contributed by atoms with van der Waals surface area (Å²) in [6.07, 6.45) is 1.52. The Kier molecular flexibility index (Phi) is 2.04. The number of aryl methyl sites for hydroxylation is 1. The van der Waals surface area contributed by atoms with Gasteiger partial charge < -0.3 is 5.73 Å². The van der Waals surface area contributed by atoms with Crippen molar-refractivity contribution in [2.24, 2.45) is 0 Å². The normalized spacial score (nSPS) is 10.8. The molecule has 0 spiro atoms. The van der Waals surface area contributed by atoms with Crippen LogP contribution in [0.1, 0.15) is 5.56 Å². The monoisotopic (exact) mass is 210 g/mol. The Labute approximate surface area is 85.5 Å². The van der Waals surface area contributed by atoms with Gasteiger partial charge in [0, 0.05) is 17.0 Å². The Bertz CT molecular complexity index is 511. The van der Waals surface area contributed by atoms with E-state index >= 15 is 0 Å². The lowest BCUT2D eigenvalue weighted by Crippen LogP contribution is -1.93. The third-order valence-corrected chi connectivity index (χ3v) is 2.43. The van der Waals surface area contributed by atoms with Crippen LogP contribution in [-0.4, -0.2) is 4.98 Å². The predicted molar refractivity (Wildman–Crippen MR) is 55.9 cm³/mol. The van der Waals surface area contributed by atoms with Gasteiger partial charge in [-0.1, -0.05) is 11.6 Å². The summed E-state index contributed by atoms with van der Waals surface area (Å²) in [5.41, 5.74) is 6.31. The van der Waals surface area contributed by atoms with Crippen LogP contribution >= 0.6 is 11.6 Å². The maximum Gasteiger partial charge on any atom is 0.142 e. The third kappa shape index (κ3) is 1.30. The van der Waals surface area contributed by atoms with Crippen molar-refractivity contribution in [2.75, 3.05) is 5.73 Å². The number of nitrogen functional groups attached to an aromatic ring is 1. The van der Waals surface area contributed by atoms with Crippen LogP contribution in [0.3, 0.4) is 0 Å². The summed E-state index contributed by atoms with van der Waals surface area (Å²) < 4.78 is 13.5. The second kappa shape index (κ2) is 3.10. The van der Waals surface area contributed by atoms with Crippen LogP contribution in [0.25, 0.3) is 10.8 Å². The van der Waals surface area contributed by atoms with Crippen molar-refractivity contribution in [2.45, 2.75) is 6.92 Å². The number of pyridine rings is 1. The molecule has 0 amide bonds. The number of benzene rings is 1. The van der Waals surface area contributed by atoms with E-state index in [1.165, 1.54) is 12.3 Å². The zero-order valence-electron chi connectivity index (χ0n) is 7.51. The lowest BCUT2D eigenvalue weighted by atomic mass is 10.1. The van der Waals surface area contributed by atoms with Gasteiger partial charge in [-0.15, -0.1) is 0 Å². The van der Waals surface area contributed by atoms with Gasteiger partial charge in [-0.2, -0.15) is 0 Å². The van der Waals surface area contributed by atoms with E-state index in [9.17, 15) is 4.39 Å². The molecule has 0 radical (unpaired) electrons. The maximum atomic E-state index is 13.5. The number of rotatable bonds is 0. The van der Waals surface area contributed by atoms with Gasteiger partial charge in [-0.05, 0) is 24.6 Å². The maximum absolute atomic E-state index is 13.5. The molecular weight excluding hydrogens is 203 g/mol. The van der Waals surface area contributed by atoms with Crippen LogP contribution in [-0.2, 0) is 0 Å². The van der Waals surface area contributed by atoms with Gasteiger partial charge in [0.2, 0.25) is 0 Å². The molecule has 1 heterocycles. The molecule has 1 aromatic carbocycles. The molecule has 72 valence electrons. The quantitative estimate of drug-likeness (QED) is 0.726. The van der Waals surface area contributed by atoms with Gasteiger partial charge in [0.15, 0.2) is 0 Å². The molecule has 0 saturated heterocycles. The predicted octanol–water partition coefficient (Wildman–Crippen LogP) is 2.92. The number of hydrogen-bond donors (Lipinski definition) is 1. The summed E-state index contributed by atoms with van der Waals surface area (Å²) in [5, 5.41) is 1.19. The molecule has 0 aliphatic carbocycles. The van der Waals surface area contributed by atoms with Crippen molar-refractivity contribution in [1.82, 2.24) is 4.98 Å². The Morgan fingerprint density at radius 3 is 2.86 bits per heavy atom. The average molecular weight is 211 g/mol. The van der Waals surface area contributed by atoms with Gasteiger partial charge in [-0.3, -0.25) is 0 Å². The molecule has 0 saturated carbocycles. The summed E-state index contributed by atoms with van der Waals surface area (Å²) in [4.78, 5) is 3.87. The van der Waals surface area contributed by atoms with Crippen LogP contribution in [0.2, 0.25) is 5.02 Å². The topological polar surface area (TPSA) is 38.9 Å². The molecule has 4 heteroatoms. The fourth-order valence-electron chi connectivity index (χ4n) is 1.43. The standard InChI is InChI=1S/C10H8ClFN2/c1-5-2-6-4-14-10(13)9(11)8(6)7(12)3-5/h2-4H,1H3,(H2,13,14). The summed E-state index contributed by atoms with van der Waals surface area (Å²) in [6.45, 7) is 1.81. The van der Waals surface area contributed by atoms with E-state index in [1.807, 2.05) is 13.0 Å². The SMILES string of the molecule is Cc1cc(F)c2c(Cl)c(N)ncc2c1. The molecule has 2 N–H and O–H groups in total. The van der Waals surface area contributed by atoms with E-state index < -0.39 is 0 Å². The van der Waals surface area contributed by atoms with Crippen molar-refractivity contribution >= 4 is 28.2 Å². The van der Waals surface area contributed by atoms with Crippen molar-refractivity contribution in [3.05, 3.63) is 34.7 Å². The van der Waals surface area contributed by atoms with E-state index in [4.69, 9.17) is 17.3 Å². The largest absolute Gasteiger partial charge is 0.382 e. The van der Waals surface area contributed by atoms with Crippen molar-refractivity contribution in [3.8, 4) is 0 Å². The van der Waals surface area contributed by atoms with Gasteiger partial charge in [0.1, 0.15) is 11.6 Å². The lowest BCUT2D eigenvalue weighted by molar-refractivity contribution is 0.638. The van der Waals surface area contributed by atoms with Crippen molar-refractivity contribution in [1.29, 1.82) is 0 Å². The molecule has 2 rings (SSSR count). The number of nitrogens with two attached hydrogens (primary N) is 1. The number of anilines is 1. The van der Waals surface area contributed by atoms with Gasteiger partial charge in [0.05, 0.1) is 5.02 Å². The smallest absolute Gasteiger partial charge is 0.142 e. The highest BCUT2D eigenvalue weighted by Gasteiger charge is 2.09. The molecule has 14 heavy (non-hydrogen) atoms. The number of hydrogen-bond acceptors (Lipinski definition) is 2. The van der Waals surface area contributed by atoms with E-state index in [2.05, 4.69) is 4.98 Å². The lowest BCUT2D eigenvalue weighted by Gasteiger charge is -2.05. The first-order valence-electron chi connectivity index (χ1n) is 4.09. The second-order valence-electron chi connectivity index (χ2n) is 3.17. The Morgan fingerprint density at radius 1 is 1.43 bits per heavy atom. The molecule has 2 aromatic rings. The van der Waals surface area contributed by atoms with Crippen molar-refractivity contribution in [3.63, 3.8) is 0 Å². The van der Waals surface area contributed by atoms with Crippen LogP contribution in [0.5, 0.6) is 0 Å². The highest BCUT2D eigenvalue weighted by molar-refractivity contribution is 6.37. The van der Waals surface area contributed by atoms with Crippen molar-refractivity contribution < 1.29 is 4.39 Å². The zero-order chi connectivity index (χ0) is 10.3. The Morgan fingerprint density at radius 2 is 2.14 bits per heavy atom. The summed E-state index contributed by atoms with van der Waals surface area (Å²) in [5.74, 6) is -0.207. The molecular formula is C10H8ClFN2. The molecule has 0 aliphatic rings. The van der Waals surface area contributed by atoms with E-state index in [0.717, 1.165) is 5.56 Å². The molecule has 0 unspecified atom stereocenters. The second-order valence-corrected chi connectivity index (χ2v) is 3.55. The first-order chi connectivity index (χ1) is 6.59. The number of nitrogens with zero attached hydrogens (tertiary/aromatic N) is 1. The first-order valence-corrected chi connectivity index (χ1v) is 4.47. The van der Waals surface area contributed by atoms with E-state index in [-0.39, 0.29) is 16.7 Å². The number of halogens is 2. The average Bonchev–Trinajstić information content (AvgIpc) is 2.10. The van der Waals surface area contributed by atoms with Crippen LogP contribution in [0.4, 0.5) is 10.2 Å². The number of fused-ring (bicyclic) bond motifs is 1. The van der Waals surface area contributed by atoms with Gasteiger partial charge >= 0.3 is 0 Å². The fraction of sp³-hybridized carbons (Fsp3) is 0.100. The summed E-state index contributed by atoms with van der Waals surface area (Å²) in [7, 11) is 0. The summed E-state index contributed by atoms with van der Waals surface area (Å²) in [6, 6.07) is 3.24. The molecule has 0 atom stereocenters. The van der Waals surface area contributed by atoms with Crippen LogP contribution in [0.15, 0.2) is 18.3 Å². The Hall–Kier alpha value is -1.35. The minimum Gasteiger partial charge on any atom is -0.382 e. The number of aromatic nitrogens is 1. The highest BCUT2D eigenvalue weighted by atomic mass is 35.5. The molecule has 0 aliphatic heterocycles. The first kappa shape index (κ1) is 9.21. The minimum atomic E-state index is -0.362. The molecule has 2 nitrogen and oxygen atoms in total. The Balaban J connectivity index is 2.95. The minimum absolute atomic E-state index is 0.155. The van der Waals surface area contributed by atoms with Crippen LogP contribution < -0.4 is 5.73 Å².